The largest absolute Gasteiger partial charge is 0.374 e. The van der Waals surface area contributed by atoms with Crippen LogP contribution in [0.25, 0.3) is 0 Å². The van der Waals surface area contributed by atoms with Crippen molar-refractivity contribution in [1.82, 2.24) is 5.32 Å². The molecule has 0 heterocycles. The van der Waals surface area contributed by atoms with Crippen LogP contribution in [0.5, 0.6) is 0 Å². The van der Waals surface area contributed by atoms with Gasteiger partial charge in [-0.2, -0.15) is 0 Å². The maximum absolute atomic E-state index is 6.06. The zero-order valence-electron chi connectivity index (χ0n) is 13.3. The molecule has 0 aliphatic carbocycles. The molecule has 0 amide bonds. The lowest BCUT2D eigenvalue weighted by molar-refractivity contribution is -0.0306. The number of rotatable bonds is 7. The maximum atomic E-state index is 6.06. The van der Waals surface area contributed by atoms with E-state index in [-0.39, 0.29) is 11.6 Å². The van der Waals surface area contributed by atoms with Gasteiger partial charge in [0.1, 0.15) is 0 Å². The Balaban J connectivity index is 2.79. The Bertz CT molecular complexity index is 398. The lowest BCUT2D eigenvalue weighted by Gasteiger charge is -2.28. The van der Waals surface area contributed by atoms with Crippen LogP contribution < -0.4 is 5.32 Å². The third-order valence-corrected chi connectivity index (χ3v) is 3.88. The highest BCUT2D eigenvalue weighted by molar-refractivity contribution is 5.31. The second kappa shape index (κ2) is 7.06. The molecule has 19 heavy (non-hydrogen) atoms. The summed E-state index contributed by atoms with van der Waals surface area (Å²) in [5.74, 6) is 0. The van der Waals surface area contributed by atoms with Gasteiger partial charge in [0.2, 0.25) is 0 Å². The van der Waals surface area contributed by atoms with Gasteiger partial charge in [-0.15, -0.1) is 0 Å². The van der Waals surface area contributed by atoms with E-state index >= 15 is 0 Å². The summed E-state index contributed by atoms with van der Waals surface area (Å²) in [5.41, 5.74) is 3.95. The highest BCUT2D eigenvalue weighted by Gasteiger charge is 2.19. The molecular weight excluding hydrogens is 234 g/mol. The highest BCUT2D eigenvalue weighted by atomic mass is 16.5. The minimum atomic E-state index is -0.0482. The van der Waals surface area contributed by atoms with Crippen LogP contribution in [0.1, 0.15) is 56.8 Å². The molecule has 0 aliphatic heterocycles. The summed E-state index contributed by atoms with van der Waals surface area (Å²) >= 11 is 0. The summed E-state index contributed by atoms with van der Waals surface area (Å²) in [5, 5.41) is 3.52. The van der Waals surface area contributed by atoms with Gasteiger partial charge in [-0.25, -0.2) is 0 Å². The lowest BCUT2D eigenvalue weighted by atomic mass is 10.0. The van der Waals surface area contributed by atoms with Crippen LogP contribution >= 0.6 is 0 Å². The van der Waals surface area contributed by atoms with Crippen molar-refractivity contribution >= 4 is 0 Å². The molecular formula is C17H29NO. The van der Waals surface area contributed by atoms with Gasteiger partial charge in [0, 0.05) is 0 Å². The van der Waals surface area contributed by atoms with Gasteiger partial charge in [0.25, 0.3) is 0 Å². The molecule has 1 unspecified atom stereocenters. The van der Waals surface area contributed by atoms with Crippen LogP contribution in [0.4, 0.5) is 0 Å². The predicted octanol–water partition coefficient (Wildman–Crippen LogP) is 4.16. The summed E-state index contributed by atoms with van der Waals surface area (Å²) in [6.07, 6.45) is 1.03. The van der Waals surface area contributed by atoms with Crippen molar-refractivity contribution in [2.45, 2.75) is 59.6 Å². The average molecular weight is 263 g/mol. The fraction of sp³-hybridized carbons (Fsp3) is 0.647. The minimum Gasteiger partial charge on any atom is -0.374 e. The standard InChI is InChI=1S/C17H29NO/c1-7-17(5,6)19-12-16(18-8-2)15-10-9-13(3)14(4)11-15/h9-11,16,18H,7-8,12H2,1-6H3. The van der Waals surface area contributed by atoms with Gasteiger partial charge in [-0.3, -0.25) is 0 Å². The van der Waals surface area contributed by atoms with Crippen LogP contribution in [0.15, 0.2) is 18.2 Å². The first-order chi connectivity index (χ1) is 8.89. The number of hydrogen-bond donors (Lipinski definition) is 1. The summed E-state index contributed by atoms with van der Waals surface area (Å²) in [7, 11) is 0. The molecule has 0 bridgehead atoms. The number of hydrogen-bond acceptors (Lipinski definition) is 2. The van der Waals surface area contributed by atoms with Crippen molar-refractivity contribution in [1.29, 1.82) is 0 Å². The lowest BCUT2D eigenvalue weighted by Crippen LogP contribution is -2.31. The molecule has 1 rings (SSSR count). The molecule has 0 aromatic heterocycles. The predicted molar refractivity (Wildman–Crippen MR) is 82.7 cm³/mol. The Morgan fingerprint density at radius 2 is 1.84 bits per heavy atom. The van der Waals surface area contributed by atoms with Crippen LogP contribution in [0.3, 0.4) is 0 Å². The first-order valence-corrected chi connectivity index (χ1v) is 7.34. The molecule has 1 atom stereocenters. The van der Waals surface area contributed by atoms with E-state index in [0.29, 0.717) is 0 Å². The average Bonchev–Trinajstić information content (AvgIpc) is 2.38. The molecule has 1 N–H and O–H groups in total. The quantitative estimate of drug-likeness (QED) is 0.797. The Labute approximate surface area is 118 Å². The van der Waals surface area contributed by atoms with E-state index in [1.165, 1.54) is 16.7 Å². The summed E-state index contributed by atoms with van der Waals surface area (Å²) in [6, 6.07) is 6.94. The van der Waals surface area contributed by atoms with Gasteiger partial charge < -0.3 is 10.1 Å². The number of nitrogens with one attached hydrogen (secondary N) is 1. The van der Waals surface area contributed by atoms with E-state index in [4.69, 9.17) is 4.74 Å². The summed E-state index contributed by atoms with van der Waals surface area (Å²) in [4.78, 5) is 0. The van der Waals surface area contributed by atoms with Gasteiger partial charge in [0.15, 0.2) is 0 Å². The first kappa shape index (κ1) is 16.2. The Hall–Kier alpha value is -0.860. The van der Waals surface area contributed by atoms with E-state index in [0.717, 1.165) is 19.6 Å². The minimum absolute atomic E-state index is 0.0482. The Morgan fingerprint density at radius 3 is 2.37 bits per heavy atom. The molecule has 0 saturated heterocycles. The van der Waals surface area contributed by atoms with E-state index in [9.17, 15) is 0 Å². The van der Waals surface area contributed by atoms with Crippen LogP contribution in [0, 0.1) is 13.8 Å². The van der Waals surface area contributed by atoms with Crippen LogP contribution in [0.2, 0.25) is 0 Å². The summed E-state index contributed by atoms with van der Waals surface area (Å²) in [6.45, 7) is 14.6. The fourth-order valence-electron chi connectivity index (χ4n) is 1.91. The van der Waals surface area contributed by atoms with Crippen LogP contribution in [-0.4, -0.2) is 18.8 Å². The smallest absolute Gasteiger partial charge is 0.0668 e. The van der Waals surface area contributed by atoms with Gasteiger partial charge >= 0.3 is 0 Å². The Morgan fingerprint density at radius 1 is 1.16 bits per heavy atom. The number of ether oxygens (including phenoxy) is 1. The van der Waals surface area contributed by atoms with E-state index < -0.39 is 0 Å². The number of benzene rings is 1. The first-order valence-electron chi connectivity index (χ1n) is 7.34. The molecule has 0 radical (unpaired) electrons. The van der Waals surface area contributed by atoms with Crippen molar-refractivity contribution in [3.8, 4) is 0 Å². The Kier molecular flexibility index (Phi) is 6.02. The molecule has 0 spiro atoms. The van der Waals surface area contributed by atoms with Gasteiger partial charge in [0.05, 0.1) is 18.2 Å². The molecule has 1 aromatic rings. The second-order valence-corrected chi connectivity index (χ2v) is 5.88. The molecule has 0 aliphatic rings. The molecule has 0 fully saturated rings. The highest BCUT2D eigenvalue weighted by Crippen LogP contribution is 2.21. The molecule has 2 heteroatoms. The van der Waals surface area contributed by atoms with E-state index in [1.54, 1.807) is 0 Å². The zero-order chi connectivity index (χ0) is 14.5. The third-order valence-electron chi connectivity index (χ3n) is 3.88. The van der Waals surface area contributed by atoms with Crippen molar-refractivity contribution < 1.29 is 4.74 Å². The number of likely N-dealkylation sites (N-methyl/N-ethyl adjacent to an activating group) is 1. The normalized spacial score (nSPS) is 13.6. The summed E-state index contributed by atoms with van der Waals surface area (Å²) < 4.78 is 6.06. The maximum Gasteiger partial charge on any atom is 0.0668 e. The van der Waals surface area contributed by atoms with Crippen molar-refractivity contribution in [3.63, 3.8) is 0 Å². The van der Waals surface area contributed by atoms with E-state index in [1.807, 2.05) is 0 Å². The van der Waals surface area contributed by atoms with Crippen LogP contribution in [-0.2, 0) is 4.74 Å². The molecule has 108 valence electrons. The third kappa shape index (κ3) is 4.96. The van der Waals surface area contributed by atoms with Crippen molar-refractivity contribution in [2.75, 3.05) is 13.2 Å². The number of aryl methyl sites for hydroxylation is 2. The van der Waals surface area contributed by atoms with Crippen molar-refractivity contribution in [2.24, 2.45) is 0 Å². The van der Waals surface area contributed by atoms with Gasteiger partial charge in [-0.1, -0.05) is 32.0 Å². The monoisotopic (exact) mass is 263 g/mol. The fourth-order valence-corrected chi connectivity index (χ4v) is 1.91. The molecule has 1 aromatic carbocycles. The van der Waals surface area contributed by atoms with E-state index in [2.05, 4.69) is 65.1 Å². The van der Waals surface area contributed by atoms with Crippen molar-refractivity contribution in [3.05, 3.63) is 34.9 Å². The zero-order valence-corrected chi connectivity index (χ0v) is 13.3. The topological polar surface area (TPSA) is 21.3 Å². The second-order valence-electron chi connectivity index (χ2n) is 5.88. The SMILES string of the molecule is CCNC(COC(C)(C)CC)c1ccc(C)c(C)c1. The molecule has 2 nitrogen and oxygen atoms in total. The van der Waals surface area contributed by atoms with Gasteiger partial charge in [-0.05, 0) is 57.4 Å². The molecule has 0 saturated carbocycles.